The molecule has 2 N–H and O–H groups in total. The summed E-state index contributed by atoms with van der Waals surface area (Å²) in [5.74, 6) is -1.84. The summed E-state index contributed by atoms with van der Waals surface area (Å²) in [6, 6.07) is 11.2. The van der Waals surface area contributed by atoms with Crippen LogP contribution in [0.25, 0.3) is 0 Å². The van der Waals surface area contributed by atoms with Gasteiger partial charge in [0.05, 0.1) is 34.0 Å². The molecule has 0 amide bonds. The van der Waals surface area contributed by atoms with Gasteiger partial charge in [0.15, 0.2) is 5.41 Å². The smallest absolute Gasteiger partial charge is 0.189 e. The SMILES string of the molecule is N#C[C@@H]1C(=N)C(C#N)(C#N)[C@H](c2cccc(Cl)c2Cl)[C@H]2CNCC=C12. The fraction of sp³-hybridized carbons (Fsp3) is 0.333. The number of nitrogens with one attached hydrogen (secondary N) is 2. The third-order valence-corrected chi connectivity index (χ3v) is 5.82. The number of rotatable bonds is 1. The van der Waals surface area contributed by atoms with Gasteiger partial charge in [0.25, 0.3) is 0 Å². The zero-order chi connectivity index (χ0) is 18.2. The molecule has 0 radical (unpaired) electrons. The van der Waals surface area contributed by atoms with Crippen LogP contribution in [0.1, 0.15) is 11.5 Å². The van der Waals surface area contributed by atoms with Crippen molar-refractivity contribution in [1.82, 2.24) is 5.32 Å². The Morgan fingerprint density at radius 2 is 1.92 bits per heavy atom. The maximum atomic E-state index is 9.87. The zero-order valence-electron chi connectivity index (χ0n) is 13.1. The number of benzene rings is 1. The summed E-state index contributed by atoms with van der Waals surface area (Å²) in [6.07, 6.45) is 1.88. The van der Waals surface area contributed by atoms with Gasteiger partial charge in [-0.25, -0.2) is 0 Å². The summed E-state index contributed by atoms with van der Waals surface area (Å²) in [6.45, 7) is 1.08. The summed E-state index contributed by atoms with van der Waals surface area (Å²) in [7, 11) is 0. The highest BCUT2D eigenvalue weighted by Gasteiger charge is 2.57. The number of nitriles is 3. The lowest BCUT2D eigenvalue weighted by Gasteiger charge is -2.46. The second kappa shape index (κ2) is 6.51. The lowest BCUT2D eigenvalue weighted by molar-refractivity contribution is 0.332. The third kappa shape index (κ3) is 2.43. The Balaban J connectivity index is 2.32. The maximum absolute atomic E-state index is 9.87. The molecule has 1 heterocycles. The minimum atomic E-state index is -1.77. The molecule has 0 spiro atoms. The minimum absolute atomic E-state index is 0.189. The molecule has 0 bridgehead atoms. The van der Waals surface area contributed by atoms with Crippen molar-refractivity contribution in [2.75, 3.05) is 13.1 Å². The Kier molecular flexibility index (Phi) is 4.55. The molecule has 2 aliphatic rings. The molecule has 5 nitrogen and oxygen atoms in total. The van der Waals surface area contributed by atoms with Gasteiger partial charge in [-0.3, -0.25) is 0 Å². The van der Waals surface area contributed by atoms with Crippen LogP contribution >= 0.6 is 23.2 Å². The zero-order valence-corrected chi connectivity index (χ0v) is 14.6. The van der Waals surface area contributed by atoms with Gasteiger partial charge in [-0.15, -0.1) is 0 Å². The first kappa shape index (κ1) is 17.5. The highest BCUT2D eigenvalue weighted by molar-refractivity contribution is 6.42. The van der Waals surface area contributed by atoms with E-state index < -0.39 is 17.3 Å². The van der Waals surface area contributed by atoms with Crippen LogP contribution in [0.3, 0.4) is 0 Å². The van der Waals surface area contributed by atoms with Crippen molar-refractivity contribution in [3.05, 3.63) is 45.5 Å². The molecule has 25 heavy (non-hydrogen) atoms. The van der Waals surface area contributed by atoms with E-state index >= 15 is 0 Å². The molecule has 3 rings (SSSR count). The van der Waals surface area contributed by atoms with Crippen LogP contribution < -0.4 is 5.32 Å². The molecule has 0 saturated heterocycles. The Morgan fingerprint density at radius 3 is 2.56 bits per heavy atom. The molecule has 1 aromatic rings. The molecule has 1 aliphatic carbocycles. The van der Waals surface area contributed by atoms with Gasteiger partial charge >= 0.3 is 0 Å². The molecule has 1 aromatic carbocycles. The van der Waals surface area contributed by atoms with E-state index in [1.807, 2.05) is 18.2 Å². The summed E-state index contributed by atoms with van der Waals surface area (Å²) >= 11 is 12.5. The molecule has 1 saturated carbocycles. The Hall–Kier alpha value is -2.36. The van der Waals surface area contributed by atoms with E-state index in [1.165, 1.54) is 0 Å². The largest absolute Gasteiger partial charge is 0.313 e. The Morgan fingerprint density at radius 1 is 1.20 bits per heavy atom. The molecule has 0 aromatic heterocycles. The first-order valence-electron chi connectivity index (χ1n) is 7.67. The van der Waals surface area contributed by atoms with Crippen molar-refractivity contribution in [3.8, 4) is 18.2 Å². The summed E-state index contributed by atoms with van der Waals surface area (Å²) in [5, 5.41) is 41.6. The standard InChI is InChI=1S/C18H13Cl2N5/c19-14-3-1-2-11(16(14)20)15-13-7-25-5-4-10(13)12(6-21)17(24)18(15,8-22)9-23/h1-4,12-13,15,24-25H,5,7H2/t12-,13-,15+/m0/s1. The molecule has 1 fully saturated rings. The number of hydrogen-bond acceptors (Lipinski definition) is 5. The maximum Gasteiger partial charge on any atom is 0.189 e. The van der Waals surface area contributed by atoms with Crippen LogP contribution in [0, 0.1) is 56.7 Å². The second-order valence-corrected chi connectivity index (χ2v) is 6.88. The first-order chi connectivity index (χ1) is 12.0. The Labute approximate surface area is 155 Å². The van der Waals surface area contributed by atoms with Gasteiger partial charge in [0.2, 0.25) is 0 Å². The van der Waals surface area contributed by atoms with E-state index in [0.717, 1.165) is 5.57 Å². The number of halogens is 2. The average Bonchev–Trinajstić information content (AvgIpc) is 2.64. The van der Waals surface area contributed by atoms with Crippen molar-refractivity contribution < 1.29 is 0 Å². The monoisotopic (exact) mass is 369 g/mol. The van der Waals surface area contributed by atoms with Gasteiger partial charge in [-0.2, -0.15) is 15.8 Å². The lowest BCUT2D eigenvalue weighted by Crippen LogP contribution is -2.52. The van der Waals surface area contributed by atoms with Crippen molar-refractivity contribution in [2.45, 2.75) is 5.92 Å². The highest BCUT2D eigenvalue weighted by atomic mass is 35.5. The Bertz CT molecular complexity index is 886. The quantitative estimate of drug-likeness (QED) is 0.739. The number of hydrogen-bond donors (Lipinski definition) is 2. The number of nitrogens with zero attached hydrogens (tertiary/aromatic N) is 3. The van der Waals surface area contributed by atoms with E-state index in [4.69, 9.17) is 28.6 Å². The van der Waals surface area contributed by atoms with Crippen molar-refractivity contribution in [3.63, 3.8) is 0 Å². The average molecular weight is 370 g/mol. The van der Waals surface area contributed by atoms with E-state index in [-0.39, 0.29) is 16.7 Å². The van der Waals surface area contributed by atoms with Crippen LogP contribution in [0.4, 0.5) is 0 Å². The normalized spacial score (nSPS) is 27.2. The van der Waals surface area contributed by atoms with Gasteiger partial charge in [-0.1, -0.05) is 41.4 Å². The minimum Gasteiger partial charge on any atom is -0.313 e. The van der Waals surface area contributed by atoms with Gasteiger partial charge in [0.1, 0.15) is 5.92 Å². The van der Waals surface area contributed by atoms with Gasteiger partial charge in [0, 0.05) is 24.9 Å². The molecule has 0 unspecified atom stereocenters. The first-order valence-corrected chi connectivity index (χ1v) is 8.43. The van der Waals surface area contributed by atoms with Crippen LogP contribution in [-0.2, 0) is 0 Å². The summed E-state index contributed by atoms with van der Waals surface area (Å²) < 4.78 is 0. The van der Waals surface area contributed by atoms with Crippen LogP contribution in [0.2, 0.25) is 10.0 Å². The summed E-state index contributed by atoms with van der Waals surface area (Å²) in [4.78, 5) is 0. The number of fused-ring (bicyclic) bond motifs is 1. The topological polar surface area (TPSA) is 107 Å². The predicted octanol–water partition coefficient (Wildman–Crippen LogP) is 3.43. The van der Waals surface area contributed by atoms with E-state index in [9.17, 15) is 15.8 Å². The molecule has 1 aliphatic heterocycles. The highest BCUT2D eigenvalue weighted by Crippen LogP contribution is 2.54. The molecular formula is C18H13Cl2N5. The summed E-state index contributed by atoms with van der Waals surface area (Å²) in [5.41, 5.74) is -0.632. The van der Waals surface area contributed by atoms with Gasteiger partial charge in [-0.05, 0) is 17.2 Å². The van der Waals surface area contributed by atoms with Crippen LogP contribution in [0.5, 0.6) is 0 Å². The van der Waals surface area contributed by atoms with Crippen molar-refractivity contribution >= 4 is 28.9 Å². The van der Waals surface area contributed by atoms with Gasteiger partial charge < -0.3 is 10.7 Å². The van der Waals surface area contributed by atoms with Crippen LogP contribution in [0.15, 0.2) is 29.8 Å². The molecule has 124 valence electrons. The van der Waals surface area contributed by atoms with Crippen LogP contribution in [-0.4, -0.2) is 18.8 Å². The van der Waals surface area contributed by atoms with Crippen molar-refractivity contribution in [2.24, 2.45) is 17.3 Å². The molecule has 7 heteroatoms. The lowest BCUT2D eigenvalue weighted by atomic mass is 9.54. The predicted molar refractivity (Wildman–Crippen MR) is 94.1 cm³/mol. The van der Waals surface area contributed by atoms with E-state index in [2.05, 4.69) is 11.4 Å². The van der Waals surface area contributed by atoms with E-state index in [1.54, 1.807) is 18.2 Å². The fourth-order valence-electron chi connectivity index (χ4n) is 3.84. The van der Waals surface area contributed by atoms with E-state index in [0.29, 0.717) is 23.7 Å². The molecular weight excluding hydrogens is 357 g/mol. The molecule has 3 atom stereocenters. The fourth-order valence-corrected chi connectivity index (χ4v) is 4.26. The third-order valence-electron chi connectivity index (χ3n) is 4.99. The van der Waals surface area contributed by atoms with Crippen molar-refractivity contribution in [1.29, 1.82) is 21.2 Å². The second-order valence-electron chi connectivity index (χ2n) is 6.10.